The predicted octanol–water partition coefficient (Wildman–Crippen LogP) is 1.03. The minimum absolute atomic E-state index is 0.136. The Kier molecular flexibility index (Phi) is 5.25. The smallest absolute Gasteiger partial charge is 0.118 e. The molecule has 0 unspecified atom stereocenters. The minimum Gasteiger partial charge on any atom is -0.465 e. The molecule has 4 heteroatoms. The van der Waals surface area contributed by atoms with Gasteiger partial charge in [-0.05, 0) is 13.0 Å². The summed E-state index contributed by atoms with van der Waals surface area (Å²) in [7, 11) is 0. The van der Waals surface area contributed by atoms with E-state index in [2.05, 4.69) is 11.5 Å². The van der Waals surface area contributed by atoms with E-state index in [0.29, 0.717) is 19.6 Å². The summed E-state index contributed by atoms with van der Waals surface area (Å²) in [4.78, 5) is 2.06. The molecule has 0 radical (unpaired) electrons. The second-order valence-electron chi connectivity index (χ2n) is 3.75. The summed E-state index contributed by atoms with van der Waals surface area (Å²) in [6.45, 7) is 8.26. The number of aliphatic hydroxyl groups is 1. The SMILES string of the molecule is C=CCN(CCO)Cc1cc(CN)c(C)o1. The molecule has 0 fully saturated rings. The van der Waals surface area contributed by atoms with Crippen LogP contribution in [0.1, 0.15) is 17.1 Å². The second-order valence-corrected chi connectivity index (χ2v) is 3.75. The Morgan fingerprint density at radius 2 is 2.38 bits per heavy atom. The lowest BCUT2D eigenvalue weighted by Gasteiger charge is -2.17. The third-order valence-electron chi connectivity index (χ3n) is 2.47. The predicted molar refractivity (Wildman–Crippen MR) is 63.9 cm³/mol. The maximum Gasteiger partial charge on any atom is 0.118 e. The lowest BCUT2D eigenvalue weighted by atomic mass is 10.2. The Hall–Kier alpha value is -1.10. The van der Waals surface area contributed by atoms with Gasteiger partial charge in [0.05, 0.1) is 13.2 Å². The second kappa shape index (κ2) is 6.48. The van der Waals surface area contributed by atoms with E-state index >= 15 is 0 Å². The summed E-state index contributed by atoms with van der Waals surface area (Å²) in [6, 6.07) is 1.97. The molecule has 0 aliphatic rings. The fraction of sp³-hybridized carbons (Fsp3) is 0.500. The number of furan rings is 1. The monoisotopic (exact) mass is 224 g/mol. The molecule has 0 spiro atoms. The van der Waals surface area contributed by atoms with Crippen molar-refractivity contribution in [2.24, 2.45) is 5.73 Å². The molecule has 0 aliphatic heterocycles. The molecule has 1 heterocycles. The highest BCUT2D eigenvalue weighted by atomic mass is 16.3. The Morgan fingerprint density at radius 1 is 1.62 bits per heavy atom. The molecule has 1 aromatic heterocycles. The number of aryl methyl sites for hydroxylation is 1. The van der Waals surface area contributed by atoms with Gasteiger partial charge in [-0.15, -0.1) is 6.58 Å². The molecule has 0 saturated heterocycles. The summed E-state index contributed by atoms with van der Waals surface area (Å²) < 4.78 is 5.59. The highest BCUT2D eigenvalue weighted by Gasteiger charge is 2.09. The summed E-state index contributed by atoms with van der Waals surface area (Å²) in [6.07, 6.45) is 1.81. The van der Waals surface area contributed by atoms with Gasteiger partial charge in [-0.3, -0.25) is 4.90 Å². The van der Waals surface area contributed by atoms with E-state index in [9.17, 15) is 0 Å². The van der Waals surface area contributed by atoms with Crippen LogP contribution in [0, 0.1) is 6.92 Å². The highest BCUT2D eigenvalue weighted by Crippen LogP contribution is 2.15. The van der Waals surface area contributed by atoms with Crippen molar-refractivity contribution < 1.29 is 9.52 Å². The van der Waals surface area contributed by atoms with Crippen LogP contribution in [0.2, 0.25) is 0 Å². The van der Waals surface area contributed by atoms with Gasteiger partial charge >= 0.3 is 0 Å². The Labute approximate surface area is 96.3 Å². The molecular formula is C12H20N2O2. The van der Waals surface area contributed by atoms with Crippen LogP contribution in [-0.4, -0.2) is 29.7 Å². The summed E-state index contributed by atoms with van der Waals surface area (Å²) in [5, 5.41) is 8.92. The van der Waals surface area contributed by atoms with Crippen LogP contribution in [0.5, 0.6) is 0 Å². The zero-order valence-corrected chi connectivity index (χ0v) is 9.78. The molecular weight excluding hydrogens is 204 g/mol. The number of aliphatic hydroxyl groups excluding tert-OH is 1. The van der Waals surface area contributed by atoms with E-state index < -0.39 is 0 Å². The van der Waals surface area contributed by atoms with Gasteiger partial charge in [-0.1, -0.05) is 6.08 Å². The first-order valence-corrected chi connectivity index (χ1v) is 5.43. The molecule has 0 aromatic carbocycles. The number of nitrogens with zero attached hydrogens (tertiary/aromatic N) is 1. The molecule has 0 bridgehead atoms. The van der Waals surface area contributed by atoms with Gasteiger partial charge in [0.2, 0.25) is 0 Å². The van der Waals surface area contributed by atoms with E-state index in [0.717, 1.165) is 23.6 Å². The van der Waals surface area contributed by atoms with Crippen LogP contribution >= 0.6 is 0 Å². The third-order valence-corrected chi connectivity index (χ3v) is 2.47. The number of hydrogen-bond donors (Lipinski definition) is 2. The third kappa shape index (κ3) is 3.48. The standard InChI is InChI=1S/C12H20N2O2/c1-3-4-14(5-6-15)9-12-7-11(8-13)10(2)16-12/h3,7,15H,1,4-6,8-9,13H2,2H3. The molecule has 16 heavy (non-hydrogen) atoms. The van der Waals surface area contributed by atoms with Crippen LogP contribution in [0.3, 0.4) is 0 Å². The molecule has 0 amide bonds. The van der Waals surface area contributed by atoms with E-state index in [1.54, 1.807) is 0 Å². The van der Waals surface area contributed by atoms with Gasteiger partial charge in [-0.2, -0.15) is 0 Å². The van der Waals surface area contributed by atoms with Gasteiger partial charge in [-0.25, -0.2) is 0 Å². The topological polar surface area (TPSA) is 62.6 Å². The zero-order chi connectivity index (χ0) is 12.0. The summed E-state index contributed by atoms with van der Waals surface area (Å²) in [5.41, 5.74) is 6.62. The summed E-state index contributed by atoms with van der Waals surface area (Å²) in [5.74, 6) is 1.76. The van der Waals surface area contributed by atoms with E-state index in [4.69, 9.17) is 15.3 Å². The van der Waals surface area contributed by atoms with Crippen molar-refractivity contribution in [2.45, 2.75) is 20.0 Å². The van der Waals surface area contributed by atoms with Crippen molar-refractivity contribution >= 4 is 0 Å². The Balaban J connectivity index is 2.64. The van der Waals surface area contributed by atoms with Crippen molar-refractivity contribution in [3.8, 4) is 0 Å². The average Bonchev–Trinajstić information content (AvgIpc) is 2.59. The zero-order valence-electron chi connectivity index (χ0n) is 9.78. The van der Waals surface area contributed by atoms with Crippen LogP contribution in [0.4, 0.5) is 0 Å². The quantitative estimate of drug-likeness (QED) is 0.679. The molecule has 4 nitrogen and oxygen atoms in total. The van der Waals surface area contributed by atoms with Gasteiger partial charge in [0.1, 0.15) is 11.5 Å². The maximum absolute atomic E-state index is 8.92. The van der Waals surface area contributed by atoms with Crippen LogP contribution in [0.15, 0.2) is 23.1 Å². The van der Waals surface area contributed by atoms with Gasteiger partial charge < -0.3 is 15.3 Å². The fourth-order valence-electron chi connectivity index (χ4n) is 1.65. The molecule has 0 aliphatic carbocycles. The minimum atomic E-state index is 0.136. The molecule has 3 N–H and O–H groups in total. The number of nitrogens with two attached hydrogens (primary N) is 1. The van der Waals surface area contributed by atoms with Crippen molar-refractivity contribution in [1.82, 2.24) is 4.90 Å². The van der Waals surface area contributed by atoms with Crippen LogP contribution < -0.4 is 5.73 Å². The first-order valence-electron chi connectivity index (χ1n) is 5.43. The first-order chi connectivity index (χ1) is 7.71. The first kappa shape index (κ1) is 13.0. The van der Waals surface area contributed by atoms with Gasteiger partial charge in [0, 0.05) is 25.2 Å². The van der Waals surface area contributed by atoms with E-state index in [-0.39, 0.29) is 6.61 Å². The fourth-order valence-corrected chi connectivity index (χ4v) is 1.65. The molecule has 0 saturated carbocycles. The molecule has 90 valence electrons. The average molecular weight is 224 g/mol. The van der Waals surface area contributed by atoms with Crippen molar-refractivity contribution in [2.75, 3.05) is 19.7 Å². The largest absolute Gasteiger partial charge is 0.465 e. The normalized spacial score (nSPS) is 11.0. The summed E-state index contributed by atoms with van der Waals surface area (Å²) >= 11 is 0. The van der Waals surface area contributed by atoms with Gasteiger partial charge in [0.25, 0.3) is 0 Å². The lowest BCUT2D eigenvalue weighted by Crippen LogP contribution is -2.26. The van der Waals surface area contributed by atoms with Crippen LogP contribution in [0.25, 0.3) is 0 Å². The molecule has 0 atom stereocenters. The Bertz CT molecular complexity index is 334. The van der Waals surface area contributed by atoms with Crippen molar-refractivity contribution in [3.63, 3.8) is 0 Å². The van der Waals surface area contributed by atoms with Crippen molar-refractivity contribution in [1.29, 1.82) is 0 Å². The number of hydrogen-bond acceptors (Lipinski definition) is 4. The Morgan fingerprint density at radius 3 is 2.88 bits per heavy atom. The van der Waals surface area contributed by atoms with Crippen molar-refractivity contribution in [3.05, 3.63) is 35.8 Å². The molecule has 1 rings (SSSR count). The maximum atomic E-state index is 8.92. The molecule has 1 aromatic rings. The van der Waals surface area contributed by atoms with Gasteiger partial charge in [0.15, 0.2) is 0 Å². The lowest BCUT2D eigenvalue weighted by molar-refractivity contribution is 0.193. The number of rotatable bonds is 7. The van der Waals surface area contributed by atoms with E-state index in [1.165, 1.54) is 0 Å². The highest BCUT2D eigenvalue weighted by molar-refractivity contribution is 5.20. The van der Waals surface area contributed by atoms with Crippen LogP contribution in [-0.2, 0) is 13.1 Å². The van der Waals surface area contributed by atoms with E-state index in [1.807, 2.05) is 19.1 Å².